The predicted molar refractivity (Wildman–Crippen MR) is 85.1 cm³/mol. The lowest BCUT2D eigenvalue weighted by atomic mass is 10.0. The smallest absolute Gasteiger partial charge is 0.127 e. The Morgan fingerprint density at radius 2 is 1.85 bits per heavy atom. The average molecular weight is 263 g/mol. The number of nitrogens with zero attached hydrogens (tertiary/aromatic N) is 1. The lowest BCUT2D eigenvalue weighted by Gasteiger charge is -2.10. The van der Waals surface area contributed by atoms with Crippen molar-refractivity contribution >= 4 is 22.3 Å². The van der Waals surface area contributed by atoms with Crippen LogP contribution >= 0.6 is 0 Å². The highest BCUT2D eigenvalue weighted by Crippen LogP contribution is 2.20. The summed E-state index contributed by atoms with van der Waals surface area (Å²) in [6.45, 7) is 0.800. The van der Waals surface area contributed by atoms with Crippen LogP contribution in [0.3, 0.4) is 0 Å². The molecule has 3 aromatic rings. The van der Waals surface area contributed by atoms with Gasteiger partial charge in [0.15, 0.2) is 0 Å². The van der Waals surface area contributed by atoms with Crippen LogP contribution in [0.4, 0.5) is 11.5 Å². The van der Waals surface area contributed by atoms with E-state index in [0.29, 0.717) is 0 Å². The van der Waals surface area contributed by atoms with Crippen molar-refractivity contribution in [1.29, 1.82) is 0 Å². The van der Waals surface area contributed by atoms with Crippen molar-refractivity contribution in [3.05, 3.63) is 66.4 Å². The summed E-state index contributed by atoms with van der Waals surface area (Å²) in [5.74, 6) is 0.868. The third kappa shape index (κ3) is 2.57. The molecule has 0 unspecified atom stereocenters. The molecule has 20 heavy (non-hydrogen) atoms. The third-order valence-corrected chi connectivity index (χ3v) is 3.38. The van der Waals surface area contributed by atoms with Crippen molar-refractivity contribution < 1.29 is 0 Å². The van der Waals surface area contributed by atoms with E-state index in [2.05, 4.69) is 58.1 Å². The minimum Gasteiger partial charge on any atom is -0.381 e. The minimum absolute atomic E-state index is 0.800. The summed E-state index contributed by atoms with van der Waals surface area (Å²) < 4.78 is 0. The maximum Gasteiger partial charge on any atom is 0.127 e. The second kappa shape index (κ2) is 5.61. The van der Waals surface area contributed by atoms with Crippen LogP contribution in [0.5, 0.6) is 0 Å². The van der Waals surface area contributed by atoms with Gasteiger partial charge in [-0.3, -0.25) is 0 Å². The molecule has 0 radical (unpaired) electrons. The van der Waals surface area contributed by atoms with E-state index >= 15 is 0 Å². The van der Waals surface area contributed by atoms with Crippen molar-refractivity contribution in [3.63, 3.8) is 0 Å². The zero-order valence-corrected chi connectivity index (χ0v) is 11.4. The molecule has 1 aromatic heterocycles. The van der Waals surface area contributed by atoms with E-state index in [1.165, 1.54) is 16.3 Å². The number of benzene rings is 2. The highest BCUT2D eigenvalue weighted by molar-refractivity contribution is 5.85. The Morgan fingerprint density at radius 3 is 2.75 bits per heavy atom. The summed E-state index contributed by atoms with van der Waals surface area (Å²) in [5, 5.41) is 9.06. The van der Waals surface area contributed by atoms with Gasteiger partial charge in [-0.1, -0.05) is 42.5 Å². The van der Waals surface area contributed by atoms with Crippen molar-refractivity contribution in [3.8, 4) is 0 Å². The fourth-order valence-corrected chi connectivity index (χ4v) is 2.32. The third-order valence-electron chi connectivity index (χ3n) is 3.38. The van der Waals surface area contributed by atoms with Crippen molar-refractivity contribution in [2.45, 2.75) is 6.54 Å². The summed E-state index contributed by atoms with van der Waals surface area (Å²) in [7, 11) is 1.87. The van der Waals surface area contributed by atoms with Gasteiger partial charge in [0.2, 0.25) is 0 Å². The Labute approximate surface area is 118 Å². The van der Waals surface area contributed by atoms with E-state index in [-0.39, 0.29) is 0 Å². The largest absolute Gasteiger partial charge is 0.381 e. The van der Waals surface area contributed by atoms with E-state index < -0.39 is 0 Å². The van der Waals surface area contributed by atoms with Gasteiger partial charge >= 0.3 is 0 Å². The van der Waals surface area contributed by atoms with Gasteiger partial charge in [-0.25, -0.2) is 4.98 Å². The van der Waals surface area contributed by atoms with Gasteiger partial charge in [-0.05, 0) is 22.4 Å². The zero-order chi connectivity index (χ0) is 13.8. The lowest BCUT2D eigenvalue weighted by Crippen LogP contribution is -2.01. The lowest BCUT2D eigenvalue weighted by molar-refractivity contribution is 1.16. The number of hydrogen-bond donors (Lipinski definition) is 2. The first kappa shape index (κ1) is 12.5. The van der Waals surface area contributed by atoms with Gasteiger partial charge in [0.25, 0.3) is 0 Å². The number of hydrogen-bond acceptors (Lipinski definition) is 3. The summed E-state index contributed by atoms with van der Waals surface area (Å²) in [6, 6.07) is 18.9. The van der Waals surface area contributed by atoms with Crippen LogP contribution in [0.2, 0.25) is 0 Å². The fraction of sp³-hybridized carbons (Fsp3) is 0.118. The Hall–Kier alpha value is -2.55. The summed E-state index contributed by atoms with van der Waals surface area (Å²) >= 11 is 0. The number of pyridine rings is 1. The summed E-state index contributed by atoms with van der Waals surface area (Å²) in [4.78, 5) is 4.21. The summed E-state index contributed by atoms with van der Waals surface area (Å²) in [6.07, 6.45) is 1.80. The molecule has 3 heteroatoms. The molecule has 0 amide bonds. The quantitative estimate of drug-likeness (QED) is 0.750. The van der Waals surface area contributed by atoms with Gasteiger partial charge in [0, 0.05) is 31.5 Å². The second-order valence-corrected chi connectivity index (χ2v) is 4.67. The first-order chi connectivity index (χ1) is 9.86. The molecule has 3 nitrogen and oxygen atoms in total. The minimum atomic E-state index is 0.800. The number of fused-ring (bicyclic) bond motifs is 1. The molecule has 3 rings (SSSR count). The number of rotatable bonds is 4. The Bertz CT molecular complexity index is 717. The predicted octanol–water partition coefficient (Wildman–Crippen LogP) is 3.89. The fourth-order valence-electron chi connectivity index (χ4n) is 2.32. The first-order valence-corrected chi connectivity index (χ1v) is 6.71. The van der Waals surface area contributed by atoms with Crippen molar-refractivity contribution in [2.24, 2.45) is 0 Å². The monoisotopic (exact) mass is 263 g/mol. The molecule has 0 spiro atoms. The van der Waals surface area contributed by atoms with Crippen LogP contribution in [0.1, 0.15) is 5.56 Å². The maximum atomic E-state index is 4.21. The molecule has 0 aliphatic carbocycles. The van der Waals surface area contributed by atoms with Crippen LogP contribution in [-0.4, -0.2) is 12.0 Å². The molecule has 2 aromatic carbocycles. The number of aromatic nitrogens is 1. The molecule has 0 fully saturated rings. The molecular weight excluding hydrogens is 246 g/mol. The van der Waals surface area contributed by atoms with E-state index in [4.69, 9.17) is 0 Å². The van der Waals surface area contributed by atoms with Gasteiger partial charge in [0.1, 0.15) is 5.82 Å². The van der Waals surface area contributed by atoms with Crippen LogP contribution in [0, 0.1) is 0 Å². The Balaban J connectivity index is 1.83. The van der Waals surface area contributed by atoms with Crippen LogP contribution in [0.15, 0.2) is 60.8 Å². The second-order valence-electron chi connectivity index (χ2n) is 4.67. The van der Waals surface area contributed by atoms with Gasteiger partial charge < -0.3 is 10.6 Å². The number of anilines is 2. The highest BCUT2D eigenvalue weighted by atomic mass is 15.0. The summed E-state index contributed by atoms with van der Waals surface area (Å²) in [5.41, 5.74) is 2.36. The molecule has 0 aliphatic rings. The standard InChI is InChI=1S/C17H17N3/c1-18-17-11-15(9-10-19-17)20-12-14-7-4-6-13-5-2-3-8-16(13)14/h2-11H,12H2,1H3,(H2,18,19,20). The van der Waals surface area contributed by atoms with Crippen molar-refractivity contribution in [2.75, 3.05) is 17.7 Å². The molecule has 0 bridgehead atoms. The van der Waals surface area contributed by atoms with Gasteiger partial charge in [-0.2, -0.15) is 0 Å². The van der Waals surface area contributed by atoms with E-state index in [9.17, 15) is 0 Å². The molecule has 0 atom stereocenters. The van der Waals surface area contributed by atoms with Crippen LogP contribution < -0.4 is 10.6 Å². The maximum absolute atomic E-state index is 4.21. The molecule has 2 N–H and O–H groups in total. The Kier molecular flexibility index (Phi) is 3.50. The molecule has 0 aliphatic heterocycles. The number of nitrogens with one attached hydrogen (secondary N) is 2. The topological polar surface area (TPSA) is 37.0 Å². The molecular formula is C17H17N3. The van der Waals surface area contributed by atoms with Crippen molar-refractivity contribution in [1.82, 2.24) is 4.98 Å². The first-order valence-electron chi connectivity index (χ1n) is 6.71. The zero-order valence-electron chi connectivity index (χ0n) is 11.4. The highest BCUT2D eigenvalue weighted by Gasteiger charge is 2.00. The molecule has 0 saturated carbocycles. The van der Waals surface area contributed by atoms with Crippen LogP contribution in [-0.2, 0) is 6.54 Å². The normalized spacial score (nSPS) is 10.4. The van der Waals surface area contributed by atoms with E-state index in [1.54, 1.807) is 6.20 Å². The average Bonchev–Trinajstić information content (AvgIpc) is 2.53. The van der Waals surface area contributed by atoms with E-state index in [1.807, 2.05) is 19.2 Å². The Morgan fingerprint density at radius 1 is 1.00 bits per heavy atom. The SMILES string of the molecule is CNc1cc(NCc2cccc3ccccc23)ccn1. The van der Waals surface area contributed by atoms with Crippen LogP contribution in [0.25, 0.3) is 10.8 Å². The molecule has 100 valence electrons. The molecule has 1 heterocycles. The van der Waals surface area contributed by atoms with Gasteiger partial charge in [-0.15, -0.1) is 0 Å². The van der Waals surface area contributed by atoms with E-state index in [0.717, 1.165) is 18.1 Å². The van der Waals surface area contributed by atoms with Gasteiger partial charge in [0.05, 0.1) is 0 Å². The molecule has 0 saturated heterocycles.